The van der Waals surface area contributed by atoms with Gasteiger partial charge >= 0.3 is 0 Å². The van der Waals surface area contributed by atoms with E-state index in [-0.39, 0.29) is 35.7 Å². The zero-order valence-corrected chi connectivity index (χ0v) is 15.3. The number of phenolic OH excluding ortho intramolecular Hbond substituents is 1. The summed E-state index contributed by atoms with van der Waals surface area (Å²) >= 11 is 5.85. The fraction of sp³-hybridized carbons (Fsp3) is 0.632. The molecule has 0 spiro atoms. The van der Waals surface area contributed by atoms with E-state index in [4.69, 9.17) is 11.6 Å². The number of benzene rings is 1. The van der Waals surface area contributed by atoms with Gasteiger partial charge in [-0.3, -0.25) is 4.79 Å². The first-order valence-electron chi connectivity index (χ1n) is 9.19. The fourth-order valence-corrected chi connectivity index (χ4v) is 4.19. The molecule has 2 aliphatic rings. The minimum atomic E-state index is -0.189. The second kappa shape index (κ2) is 8.39. The molecule has 1 aromatic carbocycles. The molecular formula is C19H27ClN2O3. The van der Waals surface area contributed by atoms with E-state index in [2.05, 4.69) is 4.90 Å². The Morgan fingerprint density at radius 2 is 1.80 bits per heavy atom. The van der Waals surface area contributed by atoms with E-state index in [0.717, 1.165) is 19.6 Å². The summed E-state index contributed by atoms with van der Waals surface area (Å²) in [5.41, 5.74) is 0.275. The Hall–Kier alpha value is -1.30. The molecule has 0 radical (unpaired) electrons. The first-order valence-corrected chi connectivity index (χ1v) is 9.57. The molecule has 138 valence electrons. The number of hydrogen-bond donors (Lipinski definition) is 2. The average molecular weight is 367 g/mol. The molecular weight excluding hydrogens is 340 g/mol. The van der Waals surface area contributed by atoms with Crippen molar-refractivity contribution < 1.29 is 15.0 Å². The standard InChI is InChI=1S/C19H27ClN2O3/c20-16-5-6-17(18(24)9-16)19(25)22-11-14(15(12-22)13-23)10-21-7-3-1-2-4-8-21/h5-6,9,14-15,23-24H,1-4,7-8,10-13H2/t14-,15-/m1/s1. The molecule has 2 fully saturated rings. The van der Waals surface area contributed by atoms with Crippen LogP contribution < -0.4 is 0 Å². The minimum absolute atomic E-state index is 0.0889. The third-order valence-corrected chi connectivity index (χ3v) is 5.71. The van der Waals surface area contributed by atoms with Gasteiger partial charge in [0.15, 0.2) is 0 Å². The molecule has 0 aliphatic carbocycles. The van der Waals surface area contributed by atoms with Crippen LogP contribution in [-0.4, -0.2) is 65.3 Å². The fourth-order valence-electron chi connectivity index (χ4n) is 4.02. The van der Waals surface area contributed by atoms with E-state index < -0.39 is 0 Å². The van der Waals surface area contributed by atoms with E-state index in [1.807, 2.05) is 0 Å². The van der Waals surface area contributed by atoms with Gasteiger partial charge in [0.2, 0.25) is 0 Å². The van der Waals surface area contributed by atoms with Crippen LogP contribution in [0, 0.1) is 11.8 Å². The van der Waals surface area contributed by atoms with E-state index in [9.17, 15) is 15.0 Å². The number of aliphatic hydroxyl groups excluding tert-OH is 1. The zero-order chi connectivity index (χ0) is 17.8. The second-order valence-electron chi connectivity index (χ2n) is 7.29. The van der Waals surface area contributed by atoms with Crippen molar-refractivity contribution in [1.29, 1.82) is 0 Å². The summed E-state index contributed by atoms with van der Waals surface area (Å²) in [6.07, 6.45) is 5.06. The predicted octanol–water partition coefficient (Wildman–Crippen LogP) is 2.60. The third kappa shape index (κ3) is 4.46. The van der Waals surface area contributed by atoms with Gasteiger partial charge in [-0.15, -0.1) is 0 Å². The third-order valence-electron chi connectivity index (χ3n) is 5.48. The van der Waals surface area contributed by atoms with Crippen LogP contribution in [0.5, 0.6) is 5.75 Å². The predicted molar refractivity (Wildman–Crippen MR) is 98.0 cm³/mol. The van der Waals surface area contributed by atoms with E-state index >= 15 is 0 Å². The van der Waals surface area contributed by atoms with Crippen LogP contribution in [0.15, 0.2) is 18.2 Å². The normalized spacial score (nSPS) is 25.1. The molecule has 2 N–H and O–H groups in total. The molecule has 2 aliphatic heterocycles. The lowest BCUT2D eigenvalue weighted by Crippen LogP contribution is -2.35. The van der Waals surface area contributed by atoms with Gasteiger partial charge in [-0.25, -0.2) is 0 Å². The van der Waals surface area contributed by atoms with Gasteiger partial charge in [0.25, 0.3) is 5.91 Å². The van der Waals surface area contributed by atoms with E-state index in [0.29, 0.717) is 18.1 Å². The maximum Gasteiger partial charge on any atom is 0.257 e. The van der Waals surface area contributed by atoms with E-state index in [1.165, 1.54) is 31.7 Å². The Morgan fingerprint density at radius 3 is 2.44 bits per heavy atom. The maximum absolute atomic E-state index is 12.8. The van der Waals surface area contributed by atoms with Crippen LogP contribution in [0.25, 0.3) is 0 Å². The van der Waals surface area contributed by atoms with Gasteiger partial charge in [-0.1, -0.05) is 24.4 Å². The molecule has 3 rings (SSSR count). The summed E-state index contributed by atoms with van der Waals surface area (Å²) in [6.45, 7) is 4.41. The monoisotopic (exact) mass is 366 g/mol. The molecule has 0 aromatic heterocycles. The lowest BCUT2D eigenvalue weighted by atomic mass is 9.96. The average Bonchev–Trinajstić information content (AvgIpc) is 2.81. The molecule has 1 amide bonds. The Bertz CT molecular complexity index is 602. The Kier molecular flexibility index (Phi) is 6.20. The number of aromatic hydroxyl groups is 1. The number of likely N-dealkylation sites (tertiary alicyclic amines) is 2. The quantitative estimate of drug-likeness (QED) is 0.859. The summed E-state index contributed by atoms with van der Waals surface area (Å²) in [5, 5.41) is 20.2. The number of carbonyl (C=O) groups excluding carboxylic acids is 1. The highest BCUT2D eigenvalue weighted by molar-refractivity contribution is 6.30. The Morgan fingerprint density at radius 1 is 1.12 bits per heavy atom. The number of aliphatic hydroxyl groups is 1. The second-order valence-corrected chi connectivity index (χ2v) is 7.73. The molecule has 0 unspecified atom stereocenters. The van der Waals surface area contributed by atoms with Crippen molar-refractivity contribution >= 4 is 17.5 Å². The Balaban J connectivity index is 1.66. The smallest absolute Gasteiger partial charge is 0.257 e. The van der Waals surface area contributed by atoms with Gasteiger partial charge in [0, 0.05) is 37.2 Å². The number of rotatable bonds is 4. The highest BCUT2D eigenvalue weighted by Crippen LogP contribution is 2.29. The summed E-state index contributed by atoms with van der Waals surface area (Å²) < 4.78 is 0. The summed E-state index contributed by atoms with van der Waals surface area (Å²) in [7, 11) is 0. The highest BCUT2D eigenvalue weighted by Gasteiger charge is 2.36. The largest absolute Gasteiger partial charge is 0.507 e. The molecule has 2 atom stereocenters. The van der Waals surface area contributed by atoms with Crippen molar-refractivity contribution in [2.24, 2.45) is 11.8 Å². The van der Waals surface area contributed by atoms with Gasteiger partial charge in [-0.05, 0) is 50.0 Å². The number of amides is 1. The van der Waals surface area contributed by atoms with Crippen LogP contribution >= 0.6 is 11.6 Å². The minimum Gasteiger partial charge on any atom is -0.507 e. The van der Waals surface area contributed by atoms with Crippen LogP contribution in [0.3, 0.4) is 0 Å². The first-order chi connectivity index (χ1) is 12.1. The van der Waals surface area contributed by atoms with Crippen molar-refractivity contribution in [2.75, 3.05) is 39.3 Å². The molecule has 2 saturated heterocycles. The first kappa shape index (κ1) is 18.5. The topological polar surface area (TPSA) is 64.0 Å². The summed E-state index contributed by atoms with van der Waals surface area (Å²) in [6, 6.07) is 4.57. The van der Waals surface area contributed by atoms with E-state index in [1.54, 1.807) is 17.0 Å². The van der Waals surface area contributed by atoms with Crippen molar-refractivity contribution in [3.8, 4) is 5.75 Å². The molecule has 0 saturated carbocycles. The summed E-state index contributed by atoms with van der Waals surface area (Å²) in [4.78, 5) is 17.0. The van der Waals surface area contributed by atoms with Crippen LogP contribution in [0.1, 0.15) is 36.0 Å². The lowest BCUT2D eigenvalue weighted by Gasteiger charge is -2.26. The number of hydrogen-bond acceptors (Lipinski definition) is 4. The number of carbonyl (C=O) groups is 1. The maximum atomic E-state index is 12.8. The van der Waals surface area contributed by atoms with Crippen LogP contribution in [0.4, 0.5) is 0 Å². The highest BCUT2D eigenvalue weighted by atomic mass is 35.5. The SMILES string of the molecule is O=C(c1ccc(Cl)cc1O)N1C[C@@H](CN2CCCCCC2)[C@@H](CO)C1. The van der Waals surface area contributed by atoms with Gasteiger partial charge in [-0.2, -0.15) is 0 Å². The lowest BCUT2D eigenvalue weighted by molar-refractivity contribution is 0.0776. The van der Waals surface area contributed by atoms with Crippen molar-refractivity contribution in [3.63, 3.8) is 0 Å². The molecule has 25 heavy (non-hydrogen) atoms. The molecule has 0 bridgehead atoms. The molecule has 5 nitrogen and oxygen atoms in total. The van der Waals surface area contributed by atoms with Gasteiger partial charge in [0.1, 0.15) is 5.75 Å². The van der Waals surface area contributed by atoms with Crippen LogP contribution in [0.2, 0.25) is 5.02 Å². The molecule has 2 heterocycles. The molecule has 6 heteroatoms. The van der Waals surface area contributed by atoms with Crippen molar-refractivity contribution in [2.45, 2.75) is 25.7 Å². The van der Waals surface area contributed by atoms with Gasteiger partial charge in [0.05, 0.1) is 5.56 Å². The number of nitrogens with zero attached hydrogens (tertiary/aromatic N) is 2. The van der Waals surface area contributed by atoms with Crippen LogP contribution in [-0.2, 0) is 0 Å². The number of phenols is 1. The van der Waals surface area contributed by atoms with Gasteiger partial charge < -0.3 is 20.0 Å². The van der Waals surface area contributed by atoms with Crippen molar-refractivity contribution in [3.05, 3.63) is 28.8 Å². The Labute approximate surface area is 154 Å². The molecule has 1 aromatic rings. The summed E-state index contributed by atoms with van der Waals surface area (Å²) in [5.74, 6) is 0.100. The van der Waals surface area contributed by atoms with Crippen molar-refractivity contribution in [1.82, 2.24) is 9.80 Å². The zero-order valence-electron chi connectivity index (χ0n) is 14.5. The number of halogens is 1.